The van der Waals surface area contributed by atoms with Crippen LogP contribution < -0.4 is 0 Å². The average molecular weight is 445 g/mol. The molecule has 166 valence electrons. The summed E-state index contributed by atoms with van der Waals surface area (Å²) in [5.74, 6) is -4.38. The fraction of sp³-hybridized carbons (Fsp3) is 0.227. The Hall–Kier alpha value is -3.82. The molecule has 2 aliphatic rings. The molecule has 0 aliphatic carbocycles. The molecule has 10 heteroatoms. The molecule has 0 spiro atoms. The number of rotatable bonds is 4. The highest BCUT2D eigenvalue weighted by Crippen LogP contribution is 2.37. The van der Waals surface area contributed by atoms with Gasteiger partial charge in [-0.15, -0.1) is 0 Å². The third-order valence-electron chi connectivity index (χ3n) is 5.43. The molecule has 1 N–H and O–H groups in total. The van der Waals surface area contributed by atoms with Crippen molar-refractivity contribution in [2.24, 2.45) is 0 Å². The molecule has 1 saturated heterocycles. The zero-order valence-electron chi connectivity index (χ0n) is 16.7. The summed E-state index contributed by atoms with van der Waals surface area (Å²) in [4.78, 5) is 40.7. The lowest BCUT2D eigenvalue weighted by molar-refractivity contribution is -0.148. The van der Waals surface area contributed by atoms with Crippen LogP contribution in [0.25, 0.3) is 0 Å². The predicted octanol–water partition coefficient (Wildman–Crippen LogP) is 3.24. The van der Waals surface area contributed by atoms with Gasteiger partial charge in [0.15, 0.2) is 11.6 Å². The van der Waals surface area contributed by atoms with Crippen LogP contribution in [0, 0.1) is 17.5 Å². The fourth-order valence-electron chi connectivity index (χ4n) is 3.89. The van der Waals surface area contributed by atoms with E-state index in [9.17, 15) is 32.7 Å². The van der Waals surface area contributed by atoms with Gasteiger partial charge in [0.25, 0.3) is 5.91 Å². The lowest BCUT2D eigenvalue weighted by Gasteiger charge is -2.45. The number of benzene rings is 2. The summed E-state index contributed by atoms with van der Waals surface area (Å²) in [7, 11) is 0. The van der Waals surface area contributed by atoms with E-state index in [0.717, 1.165) is 20.8 Å². The summed E-state index contributed by atoms with van der Waals surface area (Å²) in [5.41, 5.74) is 0.207. The number of hydrogen-bond donors (Lipinski definition) is 1. The topological polar surface area (TPSA) is 81.2 Å². The van der Waals surface area contributed by atoms with Crippen LogP contribution in [0.3, 0.4) is 0 Å². The highest BCUT2D eigenvalue weighted by Gasteiger charge is 2.46. The van der Waals surface area contributed by atoms with Gasteiger partial charge in [0.05, 0.1) is 0 Å². The van der Waals surface area contributed by atoms with E-state index >= 15 is 0 Å². The van der Waals surface area contributed by atoms with Crippen molar-refractivity contribution in [2.45, 2.75) is 18.9 Å². The van der Waals surface area contributed by atoms with Crippen molar-refractivity contribution in [3.8, 4) is 0 Å². The molecule has 7 nitrogen and oxygen atoms in total. The van der Waals surface area contributed by atoms with E-state index < -0.39 is 41.4 Å². The summed E-state index contributed by atoms with van der Waals surface area (Å²) < 4.78 is 42.1. The molecule has 1 unspecified atom stereocenters. The van der Waals surface area contributed by atoms with Gasteiger partial charge in [0.2, 0.25) is 5.91 Å². The highest BCUT2D eigenvalue weighted by atomic mass is 19.2. The first-order valence-electron chi connectivity index (χ1n) is 9.81. The Morgan fingerprint density at radius 2 is 1.84 bits per heavy atom. The van der Waals surface area contributed by atoms with E-state index in [2.05, 4.69) is 0 Å². The van der Waals surface area contributed by atoms with Gasteiger partial charge in [-0.05, 0) is 30.2 Å². The van der Waals surface area contributed by atoms with Gasteiger partial charge < -0.3 is 10.0 Å². The fourth-order valence-corrected chi connectivity index (χ4v) is 3.89. The Morgan fingerprint density at radius 3 is 2.56 bits per heavy atom. The largest absolute Gasteiger partial charge is 0.465 e. The van der Waals surface area contributed by atoms with E-state index in [1.807, 2.05) is 0 Å². The number of carbonyl (C=O) groups excluding carboxylic acids is 2. The Bertz CT molecular complexity index is 1140. The number of halogens is 3. The van der Waals surface area contributed by atoms with E-state index in [4.69, 9.17) is 0 Å². The summed E-state index contributed by atoms with van der Waals surface area (Å²) in [6.45, 7) is -0.129. The first kappa shape index (κ1) is 21.4. The van der Waals surface area contributed by atoms with Gasteiger partial charge in [-0.25, -0.2) is 18.0 Å². The SMILES string of the molecule is O=C1C(c2cccc(F)c2F)N2C(=O)CCN(C(=O)O)C2=CN1CCc1cccc(F)c1. The molecule has 0 bridgehead atoms. The third kappa shape index (κ3) is 3.79. The second kappa shape index (κ2) is 8.37. The molecule has 0 saturated carbocycles. The number of carboxylic acid groups (broad SMARTS) is 1. The maximum atomic E-state index is 14.6. The van der Waals surface area contributed by atoms with E-state index in [1.54, 1.807) is 6.07 Å². The molecule has 0 aromatic heterocycles. The molecule has 0 radical (unpaired) electrons. The van der Waals surface area contributed by atoms with Crippen LogP contribution in [0.15, 0.2) is 54.5 Å². The van der Waals surface area contributed by atoms with Crippen molar-refractivity contribution in [1.82, 2.24) is 14.7 Å². The van der Waals surface area contributed by atoms with Gasteiger partial charge in [-0.3, -0.25) is 19.4 Å². The van der Waals surface area contributed by atoms with Crippen LogP contribution in [0.2, 0.25) is 0 Å². The van der Waals surface area contributed by atoms with Gasteiger partial charge in [-0.1, -0.05) is 24.3 Å². The number of fused-ring (bicyclic) bond motifs is 1. The lowest BCUT2D eigenvalue weighted by Crippen LogP contribution is -2.56. The van der Waals surface area contributed by atoms with Crippen molar-refractivity contribution < 1.29 is 32.7 Å². The number of carbonyl (C=O) groups is 3. The molecule has 2 aromatic rings. The number of amides is 3. The molecule has 1 fully saturated rings. The Morgan fingerprint density at radius 1 is 1.09 bits per heavy atom. The Balaban J connectivity index is 1.77. The molecule has 3 amide bonds. The summed E-state index contributed by atoms with van der Waals surface area (Å²) in [6.07, 6.45) is -0.146. The van der Waals surface area contributed by atoms with Gasteiger partial charge in [0.1, 0.15) is 17.7 Å². The number of nitrogens with zero attached hydrogens (tertiary/aromatic N) is 3. The maximum Gasteiger partial charge on any atom is 0.413 e. The Labute approximate surface area is 180 Å². The Kier molecular flexibility index (Phi) is 5.60. The minimum atomic E-state index is -1.58. The second-order valence-corrected chi connectivity index (χ2v) is 7.39. The summed E-state index contributed by atoms with van der Waals surface area (Å²) in [6, 6.07) is 7.44. The average Bonchev–Trinajstić information content (AvgIpc) is 2.75. The van der Waals surface area contributed by atoms with Crippen molar-refractivity contribution in [3.63, 3.8) is 0 Å². The lowest BCUT2D eigenvalue weighted by atomic mass is 9.99. The smallest absolute Gasteiger partial charge is 0.413 e. The first-order valence-corrected chi connectivity index (χ1v) is 9.81. The van der Waals surface area contributed by atoms with Crippen LogP contribution in [-0.4, -0.2) is 50.8 Å². The van der Waals surface area contributed by atoms with E-state index in [-0.39, 0.29) is 37.3 Å². The summed E-state index contributed by atoms with van der Waals surface area (Å²) in [5, 5.41) is 9.58. The van der Waals surface area contributed by atoms with Crippen LogP contribution in [0.4, 0.5) is 18.0 Å². The molecule has 2 aromatic carbocycles. The van der Waals surface area contributed by atoms with Crippen LogP contribution in [0.1, 0.15) is 23.6 Å². The molecule has 2 heterocycles. The normalized spacial score (nSPS) is 18.5. The predicted molar refractivity (Wildman–Crippen MR) is 105 cm³/mol. The molecular formula is C22H18F3N3O4. The molecule has 2 aliphatic heterocycles. The first-order chi connectivity index (χ1) is 15.3. The van der Waals surface area contributed by atoms with Crippen molar-refractivity contribution >= 4 is 17.9 Å². The zero-order chi connectivity index (χ0) is 23.0. The van der Waals surface area contributed by atoms with Crippen molar-refractivity contribution in [2.75, 3.05) is 13.1 Å². The quantitative estimate of drug-likeness (QED) is 0.784. The minimum Gasteiger partial charge on any atom is -0.465 e. The number of hydrogen-bond acceptors (Lipinski definition) is 3. The van der Waals surface area contributed by atoms with Crippen LogP contribution in [0.5, 0.6) is 0 Å². The zero-order valence-corrected chi connectivity index (χ0v) is 16.7. The summed E-state index contributed by atoms with van der Waals surface area (Å²) >= 11 is 0. The van der Waals surface area contributed by atoms with E-state index in [1.165, 1.54) is 36.5 Å². The van der Waals surface area contributed by atoms with Crippen LogP contribution >= 0.6 is 0 Å². The standard InChI is InChI=1S/C22H18F3N3O4/c23-14-4-1-3-13(11-14)7-9-26-12-17-27(22(31)32)10-8-18(29)28(17)20(21(26)30)15-5-2-6-16(24)19(15)25/h1-6,11-12,20H,7-10H2,(H,31,32). The monoisotopic (exact) mass is 445 g/mol. The van der Waals surface area contributed by atoms with Crippen LogP contribution in [-0.2, 0) is 16.0 Å². The molecule has 32 heavy (non-hydrogen) atoms. The minimum absolute atomic E-state index is 0.00864. The third-order valence-corrected chi connectivity index (χ3v) is 5.43. The van der Waals surface area contributed by atoms with Gasteiger partial charge in [-0.2, -0.15) is 0 Å². The molecular weight excluding hydrogens is 427 g/mol. The highest BCUT2D eigenvalue weighted by molar-refractivity contribution is 5.93. The second-order valence-electron chi connectivity index (χ2n) is 7.39. The molecule has 4 rings (SSSR count). The van der Waals surface area contributed by atoms with E-state index in [0.29, 0.717) is 5.56 Å². The van der Waals surface area contributed by atoms with Gasteiger partial charge >= 0.3 is 6.09 Å². The molecule has 1 atom stereocenters. The maximum absolute atomic E-state index is 14.6. The van der Waals surface area contributed by atoms with Crippen molar-refractivity contribution in [1.29, 1.82) is 0 Å². The van der Waals surface area contributed by atoms with Gasteiger partial charge in [0, 0.05) is 31.3 Å². The van der Waals surface area contributed by atoms with Crippen molar-refractivity contribution in [3.05, 3.63) is 83.1 Å².